The number of rotatable bonds is 2. The topological polar surface area (TPSA) is 19.4 Å². The Hall–Kier alpha value is -5.15. The lowest BCUT2D eigenvalue weighted by Crippen LogP contribution is -2.43. The summed E-state index contributed by atoms with van der Waals surface area (Å²) in [6.45, 7) is 0. The molecule has 3 nitrogen and oxygen atoms in total. The molecule has 39 heavy (non-hydrogen) atoms. The number of hydrogen-bond acceptors (Lipinski definition) is 2. The van der Waals surface area contributed by atoms with Crippen LogP contribution in [0.25, 0.3) is 38.6 Å². The number of benzene rings is 5. The van der Waals surface area contributed by atoms with E-state index in [9.17, 15) is 0 Å². The highest BCUT2D eigenvalue weighted by molar-refractivity contribution is 6.21. The van der Waals surface area contributed by atoms with Gasteiger partial charge >= 0.3 is 0 Å². The number of fused-ring (bicyclic) bond motifs is 8. The van der Waals surface area contributed by atoms with Gasteiger partial charge in [0.25, 0.3) is 0 Å². The quantitative estimate of drug-likeness (QED) is 0.221. The lowest BCUT2D eigenvalue weighted by molar-refractivity contribution is 0.669. The Balaban J connectivity index is 1.19. The molecule has 5 aromatic carbocycles. The lowest BCUT2D eigenvalue weighted by atomic mass is 9.92. The minimum Gasteiger partial charge on any atom is -0.456 e. The molecule has 1 aromatic heterocycles. The molecule has 3 heterocycles. The van der Waals surface area contributed by atoms with Gasteiger partial charge in [0.2, 0.25) is 17.1 Å². The Morgan fingerprint density at radius 1 is 0.641 bits per heavy atom. The minimum atomic E-state index is 0.166. The predicted octanol–water partition coefficient (Wildman–Crippen LogP) is 9.02. The molecule has 3 aliphatic rings. The Morgan fingerprint density at radius 2 is 1.38 bits per heavy atom. The first kappa shape index (κ1) is 20.9. The van der Waals surface area contributed by atoms with E-state index in [2.05, 4.69) is 131 Å². The van der Waals surface area contributed by atoms with Crippen LogP contribution in [0.1, 0.15) is 5.56 Å². The van der Waals surface area contributed by atoms with E-state index in [4.69, 9.17) is 4.42 Å². The van der Waals surface area contributed by atoms with E-state index >= 15 is 0 Å². The van der Waals surface area contributed by atoms with Crippen LogP contribution in [0.3, 0.4) is 0 Å². The van der Waals surface area contributed by atoms with Gasteiger partial charge in [0.15, 0.2) is 0 Å². The van der Waals surface area contributed by atoms with E-state index in [-0.39, 0.29) is 6.04 Å². The zero-order valence-electron chi connectivity index (χ0n) is 21.1. The van der Waals surface area contributed by atoms with Crippen molar-refractivity contribution >= 4 is 56.0 Å². The second kappa shape index (κ2) is 7.68. The average molecular weight is 500 g/mol. The third kappa shape index (κ3) is 2.84. The van der Waals surface area contributed by atoms with Crippen LogP contribution in [0.5, 0.6) is 0 Å². The van der Waals surface area contributed by atoms with Gasteiger partial charge in [0.1, 0.15) is 22.9 Å². The minimum absolute atomic E-state index is 0.166. The van der Waals surface area contributed by atoms with Gasteiger partial charge in [-0.1, -0.05) is 66.7 Å². The average Bonchev–Trinajstić information content (AvgIpc) is 3.54. The molecule has 0 saturated carbocycles. The van der Waals surface area contributed by atoms with Crippen molar-refractivity contribution in [1.29, 1.82) is 0 Å². The number of anilines is 2. The van der Waals surface area contributed by atoms with E-state index in [0.717, 1.165) is 27.6 Å². The molecule has 0 N–H and O–H groups in total. The highest BCUT2D eigenvalue weighted by atomic mass is 16.3. The lowest BCUT2D eigenvalue weighted by Gasteiger charge is -2.32. The van der Waals surface area contributed by atoms with E-state index in [1.54, 1.807) is 0 Å². The van der Waals surface area contributed by atoms with Crippen LogP contribution < -0.4 is 9.48 Å². The number of furan rings is 1. The maximum atomic E-state index is 6.05. The van der Waals surface area contributed by atoms with Gasteiger partial charge in [0.05, 0.1) is 5.69 Å². The Labute approximate surface area is 225 Å². The molecule has 0 fully saturated rings. The molecule has 1 aliphatic carbocycles. The Kier molecular flexibility index (Phi) is 4.11. The standard InChI is InChI=1S/C36H23N2O/c1-3-11-30-26(8-1)28-10-7-14-33-36(28)38(30)32-13-5-4-12-31(32)37(33)25-19-16-23(17-20-25)24-18-21-35-29(22-24)27-9-2-6-15-34(27)39-35/h1-22,36H/q+1. The predicted molar refractivity (Wildman–Crippen MR) is 162 cm³/mol. The van der Waals surface area contributed by atoms with Crippen LogP contribution in [0.2, 0.25) is 0 Å². The molecule has 0 radical (unpaired) electrons. The summed E-state index contributed by atoms with van der Waals surface area (Å²) in [6.07, 6.45) is 6.74. The van der Waals surface area contributed by atoms with Crippen LogP contribution >= 0.6 is 0 Å². The molecule has 3 heteroatoms. The number of nitrogens with zero attached hydrogens (tertiary/aromatic N) is 2. The van der Waals surface area contributed by atoms with Crippen LogP contribution in [0.15, 0.2) is 138 Å². The number of para-hydroxylation sites is 4. The highest BCUT2D eigenvalue weighted by Gasteiger charge is 2.47. The summed E-state index contributed by atoms with van der Waals surface area (Å²) >= 11 is 0. The van der Waals surface area contributed by atoms with Crippen LogP contribution in [-0.2, 0) is 0 Å². The molecule has 0 bridgehead atoms. The SMILES string of the molecule is C1=CC2=[N+](c3ccc(-c4ccc5oc6ccccc6c5c4)cc3)c3ccccc3N3c4ccccc4C(=C1)C23. The molecule has 1 atom stereocenters. The van der Waals surface area contributed by atoms with Gasteiger partial charge in [-0.25, -0.2) is 0 Å². The fourth-order valence-corrected chi connectivity index (χ4v) is 6.63. The van der Waals surface area contributed by atoms with Gasteiger partial charge in [-0.05, 0) is 59.2 Å². The number of hydrogen-bond donors (Lipinski definition) is 0. The van der Waals surface area contributed by atoms with Crippen molar-refractivity contribution in [3.8, 4) is 11.1 Å². The van der Waals surface area contributed by atoms with Crippen molar-refractivity contribution in [2.75, 3.05) is 4.90 Å². The van der Waals surface area contributed by atoms with Crippen molar-refractivity contribution in [3.63, 3.8) is 0 Å². The maximum absolute atomic E-state index is 6.05. The van der Waals surface area contributed by atoms with E-state index in [0.29, 0.717) is 0 Å². The third-order valence-electron chi connectivity index (χ3n) is 8.33. The van der Waals surface area contributed by atoms with Crippen LogP contribution in [0.4, 0.5) is 22.7 Å². The molecule has 1 unspecified atom stereocenters. The molecule has 6 aromatic rings. The Bertz CT molecular complexity index is 2070. The van der Waals surface area contributed by atoms with Crippen molar-refractivity contribution in [3.05, 3.63) is 139 Å². The maximum Gasteiger partial charge on any atom is 0.235 e. The molecule has 2 aliphatic heterocycles. The van der Waals surface area contributed by atoms with E-state index < -0.39 is 0 Å². The highest BCUT2D eigenvalue weighted by Crippen LogP contribution is 2.51. The summed E-state index contributed by atoms with van der Waals surface area (Å²) in [6, 6.07) is 41.4. The van der Waals surface area contributed by atoms with Gasteiger partial charge < -0.3 is 9.32 Å². The first-order valence-electron chi connectivity index (χ1n) is 13.4. The van der Waals surface area contributed by atoms with Crippen LogP contribution in [0, 0.1) is 0 Å². The summed E-state index contributed by atoms with van der Waals surface area (Å²) in [5, 5.41) is 2.31. The molecule has 182 valence electrons. The first-order chi connectivity index (χ1) is 19.3. The first-order valence-corrected chi connectivity index (χ1v) is 13.4. The molecular formula is C36H23N2O+. The molecule has 0 amide bonds. The molecule has 0 saturated heterocycles. The monoisotopic (exact) mass is 499 g/mol. The van der Waals surface area contributed by atoms with Crippen molar-refractivity contribution in [2.24, 2.45) is 0 Å². The van der Waals surface area contributed by atoms with Crippen molar-refractivity contribution < 1.29 is 4.42 Å². The molecule has 9 rings (SSSR count). The molecule has 0 spiro atoms. The van der Waals surface area contributed by atoms with Crippen LogP contribution in [-0.4, -0.2) is 11.8 Å². The third-order valence-corrected chi connectivity index (χ3v) is 8.33. The van der Waals surface area contributed by atoms with Gasteiger partial charge in [-0.3, -0.25) is 0 Å². The smallest absolute Gasteiger partial charge is 0.235 e. The summed E-state index contributed by atoms with van der Waals surface area (Å²) in [4.78, 5) is 2.50. The fraction of sp³-hybridized carbons (Fsp3) is 0.0278. The summed E-state index contributed by atoms with van der Waals surface area (Å²) in [7, 11) is 0. The summed E-state index contributed by atoms with van der Waals surface area (Å²) < 4.78 is 8.48. The van der Waals surface area contributed by atoms with Crippen molar-refractivity contribution in [1.82, 2.24) is 4.58 Å². The normalized spacial score (nSPS) is 16.9. The summed E-state index contributed by atoms with van der Waals surface area (Å²) in [5.41, 5.74) is 13.1. The second-order valence-corrected chi connectivity index (χ2v) is 10.4. The Morgan fingerprint density at radius 3 is 2.31 bits per heavy atom. The van der Waals surface area contributed by atoms with E-state index in [1.807, 2.05) is 12.1 Å². The zero-order valence-corrected chi connectivity index (χ0v) is 21.1. The summed E-state index contributed by atoms with van der Waals surface area (Å²) in [5.74, 6) is 0. The largest absolute Gasteiger partial charge is 0.456 e. The van der Waals surface area contributed by atoms with E-state index in [1.165, 1.54) is 45.0 Å². The second-order valence-electron chi connectivity index (χ2n) is 10.4. The fourth-order valence-electron chi connectivity index (χ4n) is 6.63. The van der Waals surface area contributed by atoms with Crippen molar-refractivity contribution in [2.45, 2.75) is 6.04 Å². The molecular weight excluding hydrogens is 476 g/mol. The van der Waals surface area contributed by atoms with Gasteiger partial charge in [-0.15, -0.1) is 0 Å². The number of allylic oxidation sites excluding steroid dienone is 2. The van der Waals surface area contributed by atoms with Gasteiger partial charge in [0, 0.05) is 40.6 Å². The van der Waals surface area contributed by atoms with Gasteiger partial charge in [-0.2, -0.15) is 4.58 Å². The zero-order chi connectivity index (χ0) is 25.5.